The first-order valence-electron chi connectivity index (χ1n) is 20.2. The van der Waals surface area contributed by atoms with Crippen molar-refractivity contribution in [3.63, 3.8) is 0 Å². The van der Waals surface area contributed by atoms with Gasteiger partial charge in [-0.25, -0.2) is 0 Å². The third kappa shape index (κ3) is 9.24. The van der Waals surface area contributed by atoms with E-state index in [-0.39, 0.29) is 11.1 Å². The number of rotatable bonds is 14. The second kappa shape index (κ2) is 18.3. The van der Waals surface area contributed by atoms with E-state index >= 15 is 0 Å². The Morgan fingerprint density at radius 2 is 0.914 bits per heavy atom. The van der Waals surface area contributed by atoms with Crippen LogP contribution in [0.5, 0.6) is 0 Å². The minimum absolute atomic E-state index is 0.00430. The van der Waals surface area contributed by atoms with Gasteiger partial charge < -0.3 is 0 Å². The van der Waals surface area contributed by atoms with Crippen molar-refractivity contribution in [1.29, 1.82) is 0 Å². The van der Waals surface area contributed by atoms with Crippen molar-refractivity contribution in [2.45, 2.75) is 104 Å². The number of aryl methyl sites for hydroxylation is 4. The Labute approximate surface area is 364 Å². The average Bonchev–Trinajstić information content (AvgIpc) is 3.98. The summed E-state index contributed by atoms with van der Waals surface area (Å²) < 4.78 is 12.0. The van der Waals surface area contributed by atoms with E-state index in [1.807, 2.05) is 38.1 Å². The van der Waals surface area contributed by atoms with Crippen LogP contribution in [-0.4, -0.2) is 28.5 Å². The minimum atomic E-state index is 0.00430. The Hall–Kier alpha value is -4.38. The Morgan fingerprint density at radius 3 is 1.26 bits per heavy atom. The molecule has 4 aromatic heterocycles. The summed E-state index contributed by atoms with van der Waals surface area (Å²) in [5.74, 6) is 0. The fourth-order valence-corrected chi connectivity index (χ4v) is 11.0. The van der Waals surface area contributed by atoms with Gasteiger partial charge in [-0.3, -0.25) is 0 Å². The molecular weight excluding hydrogens is 1080 g/mol. The van der Waals surface area contributed by atoms with Gasteiger partial charge in [0.25, 0.3) is 0 Å². The molecule has 0 saturated heterocycles. The van der Waals surface area contributed by atoms with Gasteiger partial charge >= 0.3 is 367 Å². The molecule has 0 aliphatic carbocycles. The zero-order valence-electron chi connectivity index (χ0n) is 34.3. The molecule has 0 saturated carbocycles. The van der Waals surface area contributed by atoms with Gasteiger partial charge in [0, 0.05) is 0 Å². The van der Waals surface area contributed by atoms with E-state index in [4.69, 9.17) is 0 Å². The molecule has 8 aromatic rings. The fraction of sp³-hybridized carbons (Fsp3) is 0.333. The number of aromatic nitrogens is 8. The van der Waals surface area contributed by atoms with Gasteiger partial charge in [0.1, 0.15) is 0 Å². The number of nitrogens with zero attached hydrogens (tertiary/aromatic N) is 8. The van der Waals surface area contributed by atoms with Crippen LogP contribution in [0.1, 0.15) is 89.0 Å². The summed E-state index contributed by atoms with van der Waals surface area (Å²) in [6.45, 7) is 13.4. The zero-order chi connectivity index (χ0) is 40.9. The summed E-state index contributed by atoms with van der Waals surface area (Å²) in [6.07, 6.45) is 8.77. The normalized spacial score (nSPS) is 12.0. The van der Waals surface area contributed by atoms with Crippen LogP contribution >= 0.6 is 0 Å². The van der Waals surface area contributed by atoms with Crippen LogP contribution in [0.3, 0.4) is 0 Å². The van der Waals surface area contributed by atoms with Crippen LogP contribution in [0, 0.1) is 33.6 Å². The monoisotopic (exact) mass is 1130 g/mol. The van der Waals surface area contributed by atoms with Crippen LogP contribution in [0.15, 0.2) is 109 Å². The predicted molar refractivity (Wildman–Crippen MR) is 225 cm³/mol. The number of hydrogen-bond donors (Lipinski definition) is 0. The molecule has 0 fully saturated rings. The van der Waals surface area contributed by atoms with Gasteiger partial charge in [-0.05, 0) is 0 Å². The van der Waals surface area contributed by atoms with Crippen LogP contribution in [0.2, 0.25) is 0 Å². The number of para-hydroxylation sites is 6. The molecule has 0 spiro atoms. The number of imidazole rings is 2. The van der Waals surface area contributed by atoms with Crippen molar-refractivity contribution in [3.8, 4) is 11.4 Å². The van der Waals surface area contributed by atoms with Crippen molar-refractivity contribution in [2.24, 2.45) is 0 Å². The van der Waals surface area contributed by atoms with E-state index in [0.717, 1.165) is 85.5 Å². The molecule has 0 bridgehead atoms. The zero-order valence-corrected chi connectivity index (χ0v) is 38.8. The molecule has 0 atom stereocenters. The molecule has 0 aliphatic rings. The maximum atomic E-state index is 4.24. The summed E-state index contributed by atoms with van der Waals surface area (Å²) in [5.41, 5.74) is 11.4. The molecule has 4 aromatic carbocycles. The van der Waals surface area contributed by atoms with E-state index in [1.165, 1.54) is 29.7 Å². The van der Waals surface area contributed by atoms with Gasteiger partial charge in [0.15, 0.2) is 0 Å². The van der Waals surface area contributed by atoms with Gasteiger partial charge in [-0.1, -0.05) is 0 Å². The average molecular weight is 1130 g/mol. The van der Waals surface area contributed by atoms with Crippen LogP contribution in [0.4, 0.5) is 0 Å². The number of benzene rings is 4. The van der Waals surface area contributed by atoms with Crippen molar-refractivity contribution in [1.82, 2.24) is 38.7 Å². The summed E-state index contributed by atoms with van der Waals surface area (Å²) in [7, 11) is 0. The molecule has 0 N–H and O–H groups in total. The van der Waals surface area contributed by atoms with Gasteiger partial charge in [-0.15, -0.1) is 0 Å². The Kier molecular flexibility index (Phi) is 13.1. The van der Waals surface area contributed by atoms with E-state index in [2.05, 4.69) is 202 Å². The summed E-state index contributed by atoms with van der Waals surface area (Å²) >= 11 is 4.93. The Bertz CT molecular complexity index is 2520. The Balaban J connectivity index is 0.000000177. The molecule has 0 unspecified atom stereocenters. The Morgan fingerprint density at radius 1 is 0.534 bits per heavy atom. The molecule has 8 rings (SSSR count). The first-order chi connectivity index (χ1) is 27.9. The SMILES string of the molecule is Cc1cc(CCCCC(C)(C)n2[c](=[Pt])n(-c3[c-]cccc3)c3ccccc32)n[n-]1.Cc1cc(CCCCC(C)(C)n2[c](=[Pt])n(-c3[c-]cccc3)c3ccccc32)n[n-]1. The molecule has 58 heavy (non-hydrogen) atoms. The summed E-state index contributed by atoms with van der Waals surface area (Å²) in [5, 5.41) is 16.7. The third-order valence-electron chi connectivity index (χ3n) is 10.9. The molecule has 4 heterocycles. The van der Waals surface area contributed by atoms with Crippen molar-refractivity contribution in [3.05, 3.63) is 152 Å². The predicted octanol–water partition coefficient (Wildman–Crippen LogP) is 10.2. The second-order valence-electron chi connectivity index (χ2n) is 16.3. The van der Waals surface area contributed by atoms with Gasteiger partial charge in [0.2, 0.25) is 0 Å². The molecule has 0 amide bonds. The summed E-state index contributed by atoms with van der Waals surface area (Å²) in [6, 6.07) is 44.6. The standard InChI is InChI=1S/2C24H26N4.2Pt/c2*1-19-17-20(26-25-19)11-9-10-16-24(2,3)28-18-27(21-12-5-4-6-13-21)22-14-7-8-15-23(22)28;;/h2*4-8,12,14-15,17H,9-11,16H2,1-3H3;;/q2*-2;;. The van der Waals surface area contributed by atoms with Crippen LogP contribution in [0.25, 0.3) is 33.4 Å². The molecule has 0 aliphatic heterocycles. The first kappa shape index (κ1) is 41.8. The molecular formula is C48H52N8Pt2-4. The van der Waals surface area contributed by atoms with E-state index < -0.39 is 0 Å². The number of hydrogen-bond acceptors (Lipinski definition) is 2. The van der Waals surface area contributed by atoms with Crippen LogP contribution < -0.4 is 10.2 Å². The molecule has 308 valence electrons. The second-order valence-corrected chi connectivity index (χ2v) is 18.3. The number of unbranched alkanes of at least 4 members (excludes halogenated alkanes) is 2. The molecule has 8 nitrogen and oxygen atoms in total. The van der Waals surface area contributed by atoms with E-state index in [1.54, 1.807) is 0 Å². The van der Waals surface area contributed by atoms with E-state index in [0.29, 0.717) is 0 Å². The van der Waals surface area contributed by atoms with Crippen molar-refractivity contribution < 1.29 is 38.7 Å². The van der Waals surface area contributed by atoms with E-state index in [9.17, 15) is 0 Å². The molecule has 0 radical (unpaired) electrons. The summed E-state index contributed by atoms with van der Waals surface area (Å²) in [4.78, 5) is 0. The van der Waals surface area contributed by atoms with Gasteiger partial charge in [0.05, 0.1) is 0 Å². The van der Waals surface area contributed by atoms with Crippen molar-refractivity contribution >= 4 is 22.1 Å². The van der Waals surface area contributed by atoms with Crippen molar-refractivity contribution in [2.75, 3.05) is 0 Å². The topological polar surface area (TPSA) is 73.7 Å². The third-order valence-corrected chi connectivity index (χ3v) is 12.9. The fourth-order valence-electron chi connectivity index (χ4n) is 7.94. The van der Waals surface area contributed by atoms with Crippen LogP contribution in [-0.2, 0) is 62.6 Å². The number of fused-ring (bicyclic) bond motifs is 2. The maximum absolute atomic E-state index is 4.24. The van der Waals surface area contributed by atoms with Gasteiger partial charge in [-0.2, -0.15) is 0 Å². The molecule has 10 heteroatoms. The first-order valence-corrected chi connectivity index (χ1v) is 22.4. The quantitative estimate of drug-likeness (QED) is 0.0804.